The molecule has 0 spiro atoms. The summed E-state index contributed by atoms with van der Waals surface area (Å²) in [6, 6.07) is 0. The molecule has 206 valence electrons. The molecule has 3 rings (SSSR count). The lowest BCUT2D eigenvalue weighted by atomic mass is 9.83. The van der Waals surface area contributed by atoms with Crippen LogP contribution in [0.15, 0.2) is 11.8 Å². The number of hydrogen-bond acceptors (Lipinski definition) is 12. The van der Waals surface area contributed by atoms with Crippen molar-refractivity contribution >= 4 is 29.8 Å². The Labute approximate surface area is 213 Å². The number of ether oxygens (including phenoxy) is 7. The molecule has 1 saturated carbocycles. The molecule has 1 saturated heterocycles. The van der Waals surface area contributed by atoms with Crippen LogP contribution >= 0.6 is 0 Å². The summed E-state index contributed by atoms with van der Waals surface area (Å²) < 4.78 is 39.0. The molecule has 0 aromatic carbocycles. The van der Waals surface area contributed by atoms with Crippen molar-refractivity contribution in [1.29, 1.82) is 0 Å². The third kappa shape index (κ3) is 6.77. The molecule has 3 aliphatic rings. The molecular weight excluding hydrogens is 496 g/mol. The van der Waals surface area contributed by atoms with Gasteiger partial charge in [-0.3, -0.25) is 19.2 Å². The van der Waals surface area contributed by atoms with Crippen LogP contribution in [0.25, 0.3) is 0 Å². The first-order chi connectivity index (χ1) is 17.4. The van der Waals surface area contributed by atoms with Crippen molar-refractivity contribution in [1.82, 2.24) is 0 Å². The van der Waals surface area contributed by atoms with Gasteiger partial charge in [0.2, 0.25) is 12.6 Å². The van der Waals surface area contributed by atoms with Crippen molar-refractivity contribution in [2.75, 3.05) is 6.61 Å². The molecule has 9 unspecified atom stereocenters. The highest BCUT2D eigenvalue weighted by Gasteiger charge is 2.55. The Morgan fingerprint density at radius 2 is 1.46 bits per heavy atom. The third-order valence-electron chi connectivity index (χ3n) is 6.56. The normalized spacial score (nSPS) is 34.7. The maximum Gasteiger partial charge on any atom is 0.334 e. The minimum absolute atomic E-state index is 0.0312. The highest BCUT2D eigenvalue weighted by molar-refractivity contribution is 5.87. The average Bonchev–Trinajstić information content (AvgIpc) is 3.17. The van der Waals surface area contributed by atoms with E-state index < -0.39 is 73.4 Å². The zero-order valence-corrected chi connectivity index (χ0v) is 21.2. The SMILES string of the molecule is CC(=O)OCC1OC(OC2OC=C(C(=O)O)C3CCC(C)C23)C(OC(C)=O)C(OC(C)=O)C1OC(C)=O. The van der Waals surface area contributed by atoms with E-state index in [9.17, 15) is 29.1 Å². The van der Waals surface area contributed by atoms with Crippen LogP contribution in [0.4, 0.5) is 0 Å². The van der Waals surface area contributed by atoms with E-state index in [-0.39, 0.29) is 23.3 Å². The molecule has 37 heavy (non-hydrogen) atoms. The molecule has 1 N–H and O–H groups in total. The summed E-state index contributed by atoms with van der Waals surface area (Å²) >= 11 is 0. The first-order valence-electron chi connectivity index (χ1n) is 11.9. The fourth-order valence-electron chi connectivity index (χ4n) is 5.13. The van der Waals surface area contributed by atoms with Crippen LogP contribution in [0.5, 0.6) is 0 Å². The Morgan fingerprint density at radius 1 is 0.865 bits per heavy atom. The number of esters is 4. The largest absolute Gasteiger partial charge is 0.478 e. The molecular formula is C24H32O13. The van der Waals surface area contributed by atoms with E-state index in [2.05, 4.69) is 0 Å². The summed E-state index contributed by atoms with van der Waals surface area (Å²) in [5.41, 5.74) is 0.135. The zero-order valence-electron chi connectivity index (χ0n) is 21.2. The number of rotatable bonds is 8. The number of carboxylic acids is 1. The summed E-state index contributed by atoms with van der Waals surface area (Å²) in [6.07, 6.45) is -5.18. The van der Waals surface area contributed by atoms with Crippen molar-refractivity contribution in [3.8, 4) is 0 Å². The topological polar surface area (TPSA) is 170 Å². The molecule has 13 heteroatoms. The molecule has 0 amide bonds. The second-order valence-corrected chi connectivity index (χ2v) is 9.33. The molecule has 2 heterocycles. The van der Waals surface area contributed by atoms with Crippen LogP contribution in [0.3, 0.4) is 0 Å². The van der Waals surface area contributed by atoms with Crippen molar-refractivity contribution in [2.45, 2.75) is 84.5 Å². The molecule has 2 aliphatic heterocycles. The molecule has 1 aliphatic carbocycles. The van der Waals surface area contributed by atoms with Crippen LogP contribution < -0.4 is 0 Å². The van der Waals surface area contributed by atoms with Crippen LogP contribution in [-0.2, 0) is 57.1 Å². The first kappa shape index (κ1) is 28.4. The quantitative estimate of drug-likeness (QED) is 0.351. The van der Waals surface area contributed by atoms with Gasteiger partial charge in [0, 0.05) is 39.5 Å². The van der Waals surface area contributed by atoms with Crippen LogP contribution in [-0.4, -0.2) is 78.6 Å². The number of carbonyl (C=O) groups is 5. The van der Waals surface area contributed by atoms with Crippen molar-refractivity contribution in [2.24, 2.45) is 17.8 Å². The molecule has 2 fully saturated rings. The van der Waals surface area contributed by atoms with Crippen LogP contribution in [0.2, 0.25) is 0 Å². The first-order valence-corrected chi connectivity index (χ1v) is 11.9. The molecule has 13 nitrogen and oxygen atoms in total. The minimum Gasteiger partial charge on any atom is -0.478 e. The number of hydrogen-bond donors (Lipinski definition) is 1. The van der Waals surface area contributed by atoms with E-state index in [0.717, 1.165) is 33.5 Å². The van der Waals surface area contributed by atoms with Gasteiger partial charge in [0.25, 0.3) is 0 Å². The Balaban J connectivity index is 1.97. The Bertz CT molecular complexity index is 943. The van der Waals surface area contributed by atoms with E-state index in [4.69, 9.17) is 33.2 Å². The number of aliphatic carboxylic acids is 1. The molecule has 0 bridgehead atoms. The highest BCUT2D eigenvalue weighted by Crippen LogP contribution is 2.47. The standard InChI is InChI=1S/C24H32O13/c1-10-6-7-15-16(22(29)30)8-32-23(18(10)15)37-24-21(35-14(5)28)20(34-13(4)27)19(33-12(3)26)17(36-24)9-31-11(2)25/h8,10,15,17-21,23-24H,6-7,9H2,1-5H3,(H,29,30). The van der Waals surface area contributed by atoms with Gasteiger partial charge in [-0.25, -0.2) is 4.79 Å². The van der Waals surface area contributed by atoms with Gasteiger partial charge in [0.1, 0.15) is 12.7 Å². The average molecular weight is 529 g/mol. The fraction of sp³-hybridized carbons (Fsp3) is 0.708. The van der Waals surface area contributed by atoms with Gasteiger partial charge in [-0.2, -0.15) is 0 Å². The molecule has 0 radical (unpaired) electrons. The van der Waals surface area contributed by atoms with Gasteiger partial charge in [-0.05, 0) is 18.8 Å². The lowest BCUT2D eigenvalue weighted by molar-refractivity contribution is -0.344. The molecule has 9 atom stereocenters. The summed E-state index contributed by atoms with van der Waals surface area (Å²) in [6.45, 7) is 6.10. The second kappa shape index (κ2) is 11.9. The monoisotopic (exact) mass is 528 g/mol. The summed E-state index contributed by atoms with van der Waals surface area (Å²) in [5, 5.41) is 9.58. The summed E-state index contributed by atoms with van der Waals surface area (Å²) in [4.78, 5) is 59.0. The molecule has 0 aromatic rings. The van der Waals surface area contributed by atoms with Crippen molar-refractivity contribution in [3.05, 3.63) is 11.8 Å². The van der Waals surface area contributed by atoms with Crippen LogP contribution in [0, 0.1) is 17.8 Å². The number of fused-ring (bicyclic) bond motifs is 1. The number of carboxylic acid groups (broad SMARTS) is 1. The van der Waals surface area contributed by atoms with Gasteiger partial charge in [-0.15, -0.1) is 0 Å². The lowest BCUT2D eigenvalue weighted by Crippen LogP contribution is -2.63. The fourth-order valence-corrected chi connectivity index (χ4v) is 5.13. The van der Waals surface area contributed by atoms with Gasteiger partial charge >= 0.3 is 29.8 Å². The maximum atomic E-state index is 12.0. The van der Waals surface area contributed by atoms with E-state index in [0.29, 0.717) is 6.42 Å². The Kier molecular flexibility index (Phi) is 9.13. The van der Waals surface area contributed by atoms with Gasteiger partial charge in [-0.1, -0.05) is 6.92 Å². The van der Waals surface area contributed by atoms with E-state index in [1.165, 1.54) is 6.92 Å². The predicted octanol–water partition coefficient (Wildman–Crippen LogP) is 1.07. The van der Waals surface area contributed by atoms with Crippen molar-refractivity contribution in [3.63, 3.8) is 0 Å². The summed E-state index contributed by atoms with van der Waals surface area (Å²) in [5.74, 6) is -4.66. The lowest BCUT2D eigenvalue weighted by Gasteiger charge is -2.46. The minimum atomic E-state index is -1.42. The summed E-state index contributed by atoms with van der Waals surface area (Å²) in [7, 11) is 0. The number of carbonyl (C=O) groups excluding carboxylic acids is 4. The van der Waals surface area contributed by atoms with Gasteiger partial charge < -0.3 is 38.3 Å². The van der Waals surface area contributed by atoms with E-state index in [1.54, 1.807) is 0 Å². The van der Waals surface area contributed by atoms with E-state index >= 15 is 0 Å². The maximum absolute atomic E-state index is 12.0. The van der Waals surface area contributed by atoms with Crippen molar-refractivity contribution < 1.29 is 62.2 Å². The highest BCUT2D eigenvalue weighted by atomic mass is 16.8. The van der Waals surface area contributed by atoms with Gasteiger partial charge in [0.05, 0.1) is 11.8 Å². The predicted molar refractivity (Wildman–Crippen MR) is 119 cm³/mol. The second-order valence-electron chi connectivity index (χ2n) is 9.33. The van der Waals surface area contributed by atoms with Gasteiger partial charge in [0.15, 0.2) is 18.3 Å². The smallest absolute Gasteiger partial charge is 0.334 e. The third-order valence-corrected chi connectivity index (χ3v) is 6.56. The van der Waals surface area contributed by atoms with Crippen LogP contribution in [0.1, 0.15) is 47.5 Å². The Hall–Kier alpha value is -3.19. The molecule has 0 aromatic heterocycles. The van der Waals surface area contributed by atoms with E-state index in [1.807, 2.05) is 6.92 Å². The Morgan fingerprint density at radius 3 is 2.03 bits per heavy atom. The zero-order chi connectivity index (χ0) is 27.4.